The first kappa shape index (κ1) is 19.5. The average molecular weight is 367 g/mol. The van der Waals surface area contributed by atoms with Crippen LogP contribution < -0.4 is 15.4 Å². The van der Waals surface area contributed by atoms with Crippen molar-refractivity contribution in [3.8, 4) is 5.75 Å². The van der Waals surface area contributed by atoms with Crippen LogP contribution in [0, 0.1) is 16.0 Å². The summed E-state index contributed by atoms with van der Waals surface area (Å²) in [6, 6.07) is 4.87. The summed E-state index contributed by atoms with van der Waals surface area (Å²) in [5, 5.41) is 17.3. The number of nitro groups is 1. The minimum atomic E-state index is -0.459. The van der Waals surface area contributed by atoms with Gasteiger partial charge in [0.2, 0.25) is 5.91 Å². The van der Waals surface area contributed by atoms with Crippen molar-refractivity contribution in [2.24, 2.45) is 5.92 Å². The van der Waals surface area contributed by atoms with E-state index in [1.807, 2.05) is 0 Å². The second-order valence-corrected chi connectivity index (χ2v) is 7.09. The highest BCUT2D eigenvalue weighted by molar-refractivity contribution is 7.99. The van der Waals surface area contributed by atoms with Crippen LogP contribution in [0.5, 0.6) is 5.75 Å². The third-order valence-corrected chi connectivity index (χ3v) is 5.22. The van der Waals surface area contributed by atoms with E-state index in [9.17, 15) is 14.9 Å². The number of nitrogens with zero attached hydrogens (tertiary/aromatic N) is 1. The molecular formula is C17H25N3O4S. The van der Waals surface area contributed by atoms with Crippen LogP contribution in [0.15, 0.2) is 18.2 Å². The molecule has 0 bridgehead atoms. The molecule has 1 aliphatic rings. The molecule has 0 radical (unpaired) electrons. The number of rotatable bonds is 9. The normalized spacial score (nSPS) is 17.1. The predicted octanol–water partition coefficient (Wildman–Crippen LogP) is 2.34. The van der Waals surface area contributed by atoms with Gasteiger partial charge in [0, 0.05) is 18.4 Å². The molecule has 1 aromatic rings. The van der Waals surface area contributed by atoms with Gasteiger partial charge in [0.15, 0.2) is 5.75 Å². The van der Waals surface area contributed by atoms with E-state index in [4.69, 9.17) is 4.74 Å². The van der Waals surface area contributed by atoms with Gasteiger partial charge >= 0.3 is 5.69 Å². The third-order valence-electron chi connectivity index (χ3n) is 4.22. The highest BCUT2D eigenvalue weighted by Crippen LogP contribution is 2.28. The lowest BCUT2D eigenvalue weighted by Crippen LogP contribution is -2.33. The Labute approximate surface area is 152 Å². The molecule has 25 heavy (non-hydrogen) atoms. The fraction of sp³-hybridized carbons (Fsp3) is 0.588. The maximum absolute atomic E-state index is 11.9. The lowest BCUT2D eigenvalue weighted by atomic mass is 9.96. The molecule has 0 aliphatic carbocycles. The van der Waals surface area contributed by atoms with Gasteiger partial charge in [-0.2, -0.15) is 0 Å². The van der Waals surface area contributed by atoms with Crippen molar-refractivity contribution in [3.63, 3.8) is 0 Å². The van der Waals surface area contributed by atoms with Gasteiger partial charge in [-0.25, -0.2) is 0 Å². The summed E-state index contributed by atoms with van der Waals surface area (Å²) in [6.45, 7) is 2.85. The monoisotopic (exact) mass is 367 g/mol. The van der Waals surface area contributed by atoms with Crippen LogP contribution in [0.25, 0.3) is 0 Å². The van der Waals surface area contributed by atoms with Crippen LogP contribution in [0.2, 0.25) is 0 Å². The Morgan fingerprint density at radius 3 is 3.04 bits per heavy atom. The van der Waals surface area contributed by atoms with Crippen molar-refractivity contribution in [1.29, 1.82) is 0 Å². The van der Waals surface area contributed by atoms with Gasteiger partial charge in [0.25, 0.3) is 0 Å². The molecule has 0 aromatic heterocycles. The number of amides is 1. The molecule has 1 heterocycles. The van der Waals surface area contributed by atoms with Crippen LogP contribution in [-0.4, -0.2) is 43.3 Å². The molecule has 0 spiro atoms. The molecule has 1 saturated heterocycles. The van der Waals surface area contributed by atoms with Gasteiger partial charge in [-0.15, -0.1) is 11.8 Å². The fourth-order valence-electron chi connectivity index (χ4n) is 2.87. The molecule has 1 unspecified atom stereocenters. The fourth-order valence-corrected chi connectivity index (χ4v) is 3.67. The Kier molecular flexibility index (Phi) is 8.00. The van der Waals surface area contributed by atoms with Gasteiger partial charge in [-0.1, -0.05) is 6.07 Å². The molecule has 1 fully saturated rings. The van der Waals surface area contributed by atoms with Gasteiger partial charge in [0.1, 0.15) is 0 Å². The number of piperidine rings is 1. The molecule has 1 atom stereocenters. The molecule has 138 valence electrons. The number of hydrogen-bond donors (Lipinski definition) is 2. The summed E-state index contributed by atoms with van der Waals surface area (Å²) in [5.74, 6) is 1.81. The number of ether oxygens (including phenoxy) is 1. The first-order chi connectivity index (χ1) is 12.1. The number of nitro benzene ring substituents is 1. The van der Waals surface area contributed by atoms with Crippen molar-refractivity contribution < 1.29 is 14.5 Å². The van der Waals surface area contributed by atoms with E-state index >= 15 is 0 Å². The molecule has 2 N–H and O–H groups in total. The quantitative estimate of drug-likeness (QED) is 0.514. The number of carbonyl (C=O) groups is 1. The average Bonchev–Trinajstić information content (AvgIpc) is 2.62. The molecule has 1 aromatic carbocycles. The maximum atomic E-state index is 11.9. The van der Waals surface area contributed by atoms with E-state index in [-0.39, 0.29) is 17.3 Å². The summed E-state index contributed by atoms with van der Waals surface area (Å²) in [5.41, 5.74) is 0.754. The minimum absolute atomic E-state index is 0.0109. The number of benzene rings is 1. The SMILES string of the molecule is COc1ccc(CSCC(=O)NCCC2CCCNC2)cc1[N+](=O)[O-]. The van der Waals surface area contributed by atoms with Crippen molar-refractivity contribution in [2.45, 2.75) is 25.0 Å². The molecule has 1 amide bonds. The van der Waals surface area contributed by atoms with Gasteiger partial charge in [0.05, 0.1) is 17.8 Å². The zero-order chi connectivity index (χ0) is 18.1. The van der Waals surface area contributed by atoms with Crippen molar-refractivity contribution in [1.82, 2.24) is 10.6 Å². The maximum Gasteiger partial charge on any atom is 0.311 e. The summed E-state index contributed by atoms with van der Waals surface area (Å²) in [7, 11) is 1.41. The van der Waals surface area contributed by atoms with Crippen LogP contribution in [0.1, 0.15) is 24.8 Å². The Morgan fingerprint density at radius 2 is 2.36 bits per heavy atom. The van der Waals surface area contributed by atoms with Crippen molar-refractivity contribution in [3.05, 3.63) is 33.9 Å². The largest absolute Gasteiger partial charge is 0.490 e. The zero-order valence-electron chi connectivity index (χ0n) is 14.5. The number of methoxy groups -OCH3 is 1. The highest BCUT2D eigenvalue weighted by atomic mass is 32.2. The van der Waals surface area contributed by atoms with Crippen molar-refractivity contribution >= 4 is 23.4 Å². The van der Waals surface area contributed by atoms with Gasteiger partial charge < -0.3 is 15.4 Å². The number of nitrogens with one attached hydrogen (secondary N) is 2. The van der Waals surface area contributed by atoms with E-state index in [0.29, 0.717) is 24.0 Å². The van der Waals surface area contributed by atoms with Gasteiger partial charge in [-0.05, 0) is 49.9 Å². The zero-order valence-corrected chi connectivity index (χ0v) is 15.3. The number of carbonyl (C=O) groups excluding carboxylic acids is 1. The molecule has 7 nitrogen and oxygen atoms in total. The summed E-state index contributed by atoms with van der Waals surface area (Å²) >= 11 is 1.45. The number of thioether (sulfide) groups is 1. The molecule has 8 heteroatoms. The summed E-state index contributed by atoms with van der Waals surface area (Å²) in [4.78, 5) is 22.4. The van der Waals surface area contributed by atoms with Crippen LogP contribution in [0.3, 0.4) is 0 Å². The molecular weight excluding hydrogens is 342 g/mol. The second kappa shape index (κ2) is 10.2. The molecule has 2 rings (SSSR count). The standard InChI is InChI=1S/C17H25N3O4S/c1-24-16-5-4-14(9-15(16)20(22)23)11-25-12-17(21)19-8-6-13-3-2-7-18-10-13/h4-5,9,13,18H,2-3,6-8,10-12H2,1H3,(H,19,21). The summed E-state index contributed by atoms with van der Waals surface area (Å²) < 4.78 is 4.98. The van der Waals surface area contributed by atoms with Gasteiger partial charge in [-0.3, -0.25) is 14.9 Å². The lowest BCUT2D eigenvalue weighted by Gasteiger charge is -2.22. The Bertz CT molecular complexity index is 591. The van der Waals surface area contributed by atoms with E-state index in [0.717, 1.165) is 25.1 Å². The molecule has 0 saturated carbocycles. The lowest BCUT2D eigenvalue weighted by molar-refractivity contribution is -0.385. The Hall–Kier alpha value is -1.80. The van der Waals surface area contributed by atoms with Crippen molar-refractivity contribution in [2.75, 3.05) is 32.5 Å². The van der Waals surface area contributed by atoms with E-state index in [1.165, 1.54) is 37.8 Å². The molecule has 1 aliphatic heterocycles. The predicted molar refractivity (Wildman–Crippen MR) is 99.0 cm³/mol. The van der Waals surface area contributed by atoms with E-state index in [1.54, 1.807) is 12.1 Å². The van der Waals surface area contributed by atoms with Crippen LogP contribution in [0.4, 0.5) is 5.69 Å². The van der Waals surface area contributed by atoms with E-state index < -0.39 is 4.92 Å². The second-order valence-electron chi connectivity index (χ2n) is 6.11. The van der Waals surface area contributed by atoms with E-state index in [2.05, 4.69) is 10.6 Å². The smallest absolute Gasteiger partial charge is 0.311 e. The first-order valence-electron chi connectivity index (χ1n) is 8.46. The third kappa shape index (κ3) is 6.55. The first-order valence-corrected chi connectivity index (χ1v) is 9.62. The Balaban J connectivity index is 1.68. The summed E-state index contributed by atoms with van der Waals surface area (Å²) in [6.07, 6.45) is 3.45. The minimum Gasteiger partial charge on any atom is -0.490 e. The highest BCUT2D eigenvalue weighted by Gasteiger charge is 2.15. The van der Waals surface area contributed by atoms with Crippen LogP contribution >= 0.6 is 11.8 Å². The number of hydrogen-bond acceptors (Lipinski definition) is 6. The van der Waals surface area contributed by atoms with Crippen LogP contribution in [-0.2, 0) is 10.5 Å². The Morgan fingerprint density at radius 1 is 1.52 bits per heavy atom. The topological polar surface area (TPSA) is 93.5 Å².